The number of nitrogens with one attached hydrogen (secondary N) is 2. The van der Waals surface area contributed by atoms with Crippen LogP contribution in [-0.2, 0) is 10.2 Å². The van der Waals surface area contributed by atoms with Crippen molar-refractivity contribution in [1.82, 2.24) is 24.1 Å². The molecule has 160 valence electrons. The highest BCUT2D eigenvalue weighted by atomic mass is 32.2. The van der Waals surface area contributed by atoms with Gasteiger partial charge >= 0.3 is 0 Å². The zero-order chi connectivity index (χ0) is 20.2. The minimum absolute atomic E-state index is 0.0118. The first-order valence-electron chi connectivity index (χ1n) is 10.8. The molecular formula is C19H30N6O3S. The largest absolute Gasteiger partial charge is 0.348 e. The molecule has 1 saturated carbocycles. The third kappa shape index (κ3) is 3.71. The van der Waals surface area contributed by atoms with Crippen LogP contribution in [0.3, 0.4) is 0 Å². The predicted octanol–water partition coefficient (Wildman–Crippen LogP) is 0.680. The quantitative estimate of drug-likeness (QED) is 0.644. The van der Waals surface area contributed by atoms with E-state index in [9.17, 15) is 13.2 Å². The lowest BCUT2D eigenvalue weighted by Crippen LogP contribution is -2.57. The van der Waals surface area contributed by atoms with Gasteiger partial charge in [-0.05, 0) is 57.4 Å². The topological polar surface area (TPSA) is 124 Å². The summed E-state index contributed by atoms with van der Waals surface area (Å²) in [5, 5.41) is 10.2. The van der Waals surface area contributed by atoms with Crippen LogP contribution >= 0.6 is 0 Å². The Morgan fingerprint density at radius 2 is 1.76 bits per heavy atom. The Hall–Kier alpha value is -1.49. The second-order valence-corrected chi connectivity index (χ2v) is 10.9. The maximum absolute atomic E-state index is 13.2. The number of fused-ring (bicyclic) bond motifs is 2. The van der Waals surface area contributed by atoms with E-state index < -0.39 is 10.2 Å². The first-order chi connectivity index (χ1) is 13.9. The van der Waals surface area contributed by atoms with E-state index in [1.165, 1.54) is 0 Å². The van der Waals surface area contributed by atoms with Crippen molar-refractivity contribution in [2.45, 2.75) is 81.5 Å². The number of aromatic amines is 1. The number of nitrogens with two attached hydrogens (primary N) is 1. The van der Waals surface area contributed by atoms with Crippen molar-refractivity contribution in [2.24, 2.45) is 5.73 Å². The Morgan fingerprint density at radius 1 is 1.10 bits per heavy atom. The van der Waals surface area contributed by atoms with Gasteiger partial charge in [-0.1, -0.05) is 0 Å². The summed E-state index contributed by atoms with van der Waals surface area (Å²) in [5.41, 5.74) is 7.41. The second-order valence-electron chi connectivity index (χ2n) is 9.08. The standard InChI is InChI=1S/C19H30N6O3S/c20-13-5-7-24(8-6-13)29(27,28)25-15-3-4-16(25)10-14(9-15)21-19(26)18-11-17(22-23-18)12-1-2-12/h11-16H,1-10,20H2,(H,21,26)(H,22,23)/t14-,15-,16+. The van der Waals surface area contributed by atoms with Gasteiger partial charge in [-0.25, -0.2) is 0 Å². The van der Waals surface area contributed by atoms with Gasteiger partial charge in [0.05, 0.1) is 0 Å². The molecule has 0 unspecified atom stereocenters. The maximum Gasteiger partial charge on any atom is 0.282 e. The van der Waals surface area contributed by atoms with E-state index in [0.717, 1.165) is 31.4 Å². The van der Waals surface area contributed by atoms with Crippen molar-refractivity contribution in [3.63, 3.8) is 0 Å². The smallest absolute Gasteiger partial charge is 0.282 e. The van der Waals surface area contributed by atoms with Gasteiger partial charge in [0, 0.05) is 48.9 Å². The molecule has 10 heteroatoms. The van der Waals surface area contributed by atoms with Crippen LogP contribution in [0.5, 0.6) is 0 Å². The van der Waals surface area contributed by atoms with Gasteiger partial charge in [0.2, 0.25) is 0 Å². The molecule has 0 spiro atoms. The predicted molar refractivity (Wildman–Crippen MR) is 107 cm³/mol. The lowest BCUT2D eigenvalue weighted by atomic mass is 9.99. The summed E-state index contributed by atoms with van der Waals surface area (Å²) in [6.45, 7) is 1.00. The van der Waals surface area contributed by atoms with Crippen LogP contribution in [0.1, 0.15) is 73.5 Å². The highest BCUT2D eigenvalue weighted by Gasteiger charge is 2.49. The second kappa shape index (κ2) is 7.33. The Kier molecular flexibility index (Phi) is 4.92. The van der Waals surface area contributed by atoms with E-state index in [2.05, 4.69) is 15.5 Å². The van der Waals surface area contributed by atoms with Gasteiger partial charge in [0.15, 0.2) is 0 Å². The molecule has 1 aliphatic carbocycles. The van der Waals surface area contributed by atoms with Crippen LogP contribution in [0.4, 0.5) is 0 Å². The number of aromatic nitrogens is 2. The molecule has 4 fully saturated rings. The van der Waals surface area contributed by atoms with Crippen molar-refractivity contribution in [1.29, 1.82) is 0 Å². The SMILES string of the molecule is NC1CCN(S(=O)(=O)N2[C@@H]3CC[C@H]2C[C@H](NC(=O)c2cc(C4CC4)[nH]n2)C3)CC1. The van der Waals surface area contributed by atoms with Crippen molar-refractivity contribution in [3.05, 3.63) is 17.5 Å². The fourth-order valence-corrected chi connectivity index (χ4v) is 7.26. The molecular weight excluding hydrogens is 392 g/mol. The van der Waals surface area contributed by atoms with Gasteiger partial charge < -0.3 is 11.1 Å². The van der Waals surface area contributed by atoms with Crippen molar-refractivity contribution in [3.8, 4) is 0 Å². The minimum atomic E-state index is -3.47. The Bertz CT molecular complexity index is 860. The lowest BCUT2D eigenvalue weighted by molar-refractivity contribution is 0.0901. The molecule has 29 heavy (non-hydrogen) atoms. The van der Waals surface area contributed by atoms with Gasteiger partial charge in [-0.2, -0.15) is 22.1 Å². The van der Waals surface area contributed by atoms with E-state index in [1.807, 2.05) is 6.07 Å². The van der Waals surface area contributed by atoms with Crippen LogP contribution in [0.25, 0.3) is 0 Å². The van der Waals surface area contributed by atoms with Crippen LogP contribution in [0.2, 0.25) is 0 Å². The number of H-pyrrole nitrogens is 1. The lowest BCUT2D eigenvalue weighted by Gasteiger charge is -2.41. The molecule has 9 nitrogen and oxygen atoms in total. The minimum Gasteiger partial charge on any atom is -0.348 e. The molecule has 1 amide bonds. The maximum atomic E-state index is 13.2. The summed E-state index contributed by atoms with van der Waals surface area (Å²) in [4.78, 5) is 12.6. The monoisotopic (exact) mass is 422 g/mol. The molecule has 4 aliphatic rings. The number of carbonyl (C=O) groups excluding carboxylic acids is 1. The Balaban J connectivity index is 1.23. The summed E-state index contributed by atoms with van der Waals surface area (Å²) in [7, 11) is -3.47. The molecule has 3 atom stereocenters. The zero-order valence-corrected chi connectivity index (χ0v) is 17.4. The molecule has 0 aromatic carbocycles. The van der Waals surface area contributed by atoms with Crippen LogP contribution in [0.15, 0.2) is 6.07 Å². The number of piperidine rings is 2. The molecule has 4 N–H and O–H groups in total. The van der Waals surface area contributed by atoms with Crippen molar-refractivity contribution in [2.75, 3.05) is 13.1 Å². The molecule has 1 aromatic heterocycles. The van der Waals surface area contributed by atoms with Crippen molar-refractivity contribution < 1.29 is 13.2 Å². The number of nitrogens with zero attached hydrogens (tertiary/aromatic N) is 3. The van der Waals surface area contributed by atoms with Gasteiger partial charge in [0.25, 0.3) is 16.1 Å². The fraction of sp³-hybridized carbons (Fsp3) is 0.789. The fourth-order valence-electron chi connectivity index (χ4n) is 5.18. The van der Waals surface area contributed by atoms with Crippen molar-refractivity contribution >= 4 is 16.1 Å². The molecule has 4 heterocycles. The number of carbonyl (C=O) groups is 1. The number of hydrogen-bond acceptors (Lipinski definition) is 5. The van der Waals surface area contributed by atoms with E-state index in [1.54, 1.807) is 8.61 Å². The van der Waals surface area contributed by atoms with E-state index in [0.29, 0.717) is 50.4 Å². The Labute approximate surface area is 171 Å². The van der Waals surface area contributed by atoms with Gasteiger partial charge in [0.1, 0.15) is 5.69 Å². The van der Waals surface area contributed by atoms with E-state index in [-0.39, 0.29) is 30.1 Å². The summed E-state index contributed by atoms with van der Waals surface area (Å²) < 4.78 is 29.8. The molecule has 0 radical (unpaired) electrons. The number of hydrogen-bond donors (Lipinski definition) is 3. The molecule has 2 bridgehead atoms. The third-order valence-electron chi connectivity index (χ3n) is 6.94. The van der Waals surface area contributed by atoms with Crippen LogP contribution in [0, 0.1) is 0 Å². The highest BCUT2D eigenvalue weighted by molar-refractivity contribution is 7.86. The average Bonchev–Trinajstić information content (AvgIpc) is 3.34. The van der Waals surface area contributed by atoms with Gasteiger partial charge in [-0.3, -0.25) is 9.89 Å². The number of amides is 1. The summed E-state index contributed by atoms with van der Waals surface area (Å²) in [5.74, 6) is 0.358. The highest BCUT2D eigenvalue weighted by Crippen LogP contribution is 2.40. The summed E-state index contributed by atoms with van der Waals surface area (Å²) in [6.07, 6.45) is 6.78. The first kappa shape index (κ1) is 19.5. The van der Waals surface area contributed by atoms with Crippen LogP contribution < -0.4 is 11.1 Å². The zero-order valence-electron chi connectivity index (χ0n) is 16.6. The molecule has 1 aromatic rings. The number of rotatable bonds is 5. The molecule has 3 aliphatic heterocycles. The molecule has 5 rings (SSSR count). The molecule has 3 saturated heterocycles. The Morgan fingerprint density at radius 3 is 2.38 bits per heavy atom. The first-order valence-corrected chi connectivity index (χ1v) is 12.2. The average molecular weight is 423 g/mol. The van der Waals surface area contributed by atoms with Crippen LogP contribution in [-0.4, -0.2) is 70.4 Å². The van der Waals surface area contributed by atoms with Gasteiger partial charge in [-0.15, -0.1) is 0 Å². The summed E-state index contributed by atoms with van der Waals surface area (Å²) in [6, 6.07) is 1.85. The normalized spacial score (nSPS) is 31.8. The third-order valence-corrected chi connectivity index (χ3v) is 9.09. The van der Waals surface area contributed by atoms with E-state index >= 15 is 0 Å². The van der Waals surface area contributed by atoms with E-state index in [4.69, 9.17) is 5.73 Å². The summed E-state index contributed by atoms with van der Waals surface area (Å²) >= 11 is 0.